The lowest BCUT2D eigenvalue weighted by molar-refractivity contribution is 0.425. The van der Waals surface area contributed by atoms with E-state index in [1.165, 1.54) is 6.42 Å². The van der Waals surface area contributed by atoms with Crippen molar-refractivity contribution in [2.45, 2.75) is 45.1 Å². The number of nitrogens with zero attached hydrogens (tertiary/aromatic N) is 7. The van der Waals surface area contributed by atoms with Crippen LogP contribution in [0.25, 0.3) is 11.5 Å². The van der Waals surface area contributed by atoms with Crippen LogP contribution < -0.4 is 4.90 Å². The number of aromatic nitrogens is 6. The predicted molar refractivity (Wildman–Crippen MR) is 94.8 cm³/mol. The van der Waals surface area contributed by atoms with Crippen LogP contribution in [0.4, 0.5) is 5.82 Å². The van der Waals surface area contributed by atoms with Crippen molar-refractivity contribution in [3.05, 3.63) is 35.8 Å². The molecule has 3 aromatic rings. The van der Waals surface area contributed by atoms with E-state index in [0.717, 1.165) is 61.9 Å². The van der Waals surface area contributed by atoms with Crippen LogP contribution in [0, 0.1) is 6.92 Å². The highest BCUT2D eigenvalue weighted by Gasteiger charge is 2.30. The zero-order valence-electron chi connectivity index (χ0n) is 14.8. The number of pyridine rings is 1. The highest BCUT2D eigenvalue weighted by molar-refractivity contribution is 5.69. The average Bonchev–Trinajstić information content (AvgIpc) is 3.38. The fraction of sp³-hybridized carbons (Fsp3) is 0.500. The molecule has 2 aliphatic rings. The molecule has 0 radical (unpaired) electrons. The highest BCUT2D eigenvalue weighted by Crippen LogP contribution is 2.34. The van der Waals surface area contributed by atoms with Crippen molar-refractivity contribution in [3.63, 3.8) is 0 Å². The summed E-state index contributed by atoms with van der Waals surface area (Å²) in [6.45, 7) is 4.72. The van der Waals surface area contributed by atoms with Crippen molar-refractivity contribution < 1.29 is 4.52 Å². The third-order valence-electron chi connectivity index (χ3n) is 5.27. The number of hydrogen-bond donors (Lipinski definition) is 0. The fourth-order valence-electron chi connectivity index (χ4n) is 4.08. The second-order valence-corrected chi connectivity index (χ2v) is 7.04. The molecule has 26 heavy (non-hydrogen) atoms. The minimum atomic E-state index is 0.377. The van der Waals surface area contributed by atoms with Crippen LogP contribution in [0.5, 0.6) is 0 Å². The number of aryl methyl sites for hydroxylation is 2. The van der Waals surface area contributed by atoms with Crippen LogP contribution >= 0.6 is 0 Å². The summed E-state index contributed by atoms with van der Waals surface area (Å²) >= 11 is 0. The van der Waals surface area contributed by atoms with Gasteiger partial charge in [0.1, 0.15) is 17.5 Å². The third-order valence-corrected chi connectivity index (χ3v) is 5.27. The largest absolute Gasteiger partial charge is 0.355 e. The van der Waals surface area contributed by atoms with Gasteiger partial charge in [0, 0.05) is 38.2 Å². The molecule has 134 valence electrons. The minimum Gasteiger partial charge on any atom is -0.355 e. The first-order chi connectivity index (χ1) is 12.8. The maximum absolute atomic E-state index is 5.39. The molecule has 8 heteroatoms. The van der Waals surface area contributed by atoms with E-state index in [4.69, 9.17) is 4.52 Å². The maximum atomic E-state index is 5.39. The number of hydrogen-bond acceptors (Lipinski definition) is 7. The topological polar surface area (TPSA) is 85.8 Å². The van der Waals surface area contributed by atoms with Crippen LogP contribution in [-0.2, 0) is 13.0 Å². The second-order valence-electron chi connectivity index (χ2n) is 7.04. The molecule has 0 saturated carbocycles. The first-order valence-corrected chi connectivity index (χ1v) is 9.22. The van der Waals surface area contributed by atoms with Gasteiger partial charge in [-0.1, -0.05) is 5.16 Å². The molecule has 0 bridgehead atoms. The first-order valence-electron chi connectivity index (χ1n) is 9.22. The molecule has 1 unspecified atom stereocenters. The SMILES string of the molecule is Cc1noc(-c2cccnc2N2CCCC(c3nnc4n3CCC4)C2)n1. The Bertz CT molecular complexity index is 931. The van der Waals surface area contributed by atoms with Gasteiger partial charge in [-0.25, -0.2) is 4.98 Å². The molecule has 1 saturated heterocycles. The number of fused-ring (bicyclic) bond motifs is 1. The van der Waals surface area contributed by atoms with Crippen LogP contribution in [0.2, 0.25) is 0 Å². The van der Waals surface area contributed by atoms with Gasteiger partial charge in [-0.05, 0) is 38.3 Å². The average molecular weight is 351 g/mol. The van der Waals surface area contributed by atoms with Gasteiger partial charge >= 0.3 is 0 Å². The summed E-state index contributed by atoms with van der Waals surface area (Å²) in [6.07, 6.45) is 6.28. The van der Waals surface area contributed by atoms with Crippen molar-refractivity contribution in [2.24, 2.45) is 0 Å². The summed E-state index contributed by atoms with van der Waals surface area (Å²) < 4.78 is 7.70. The van der Waals surface area contributed by atoms with E-state index in [9.17, 15) is 0 Å². The normalized spacial score (nSPS) is 19.7. The highest BCUT2D eigenvalue weighted by atomic mass is 16.5. The Morgan fingerprint density at radius 3 is 3.04 bits per heavy atom. The molecule has 0 aromatic carbocycles. The van der Waals surface area contributed by atoms with E-state index < -0.39 is 0 Å². The van der Waals surface area contributed by atoms with Crippen molar-refractivity contribution in [3.8, 4) is 11.5 Å². The maximum Gasteiger partial charge on any atom is 0.261 e. The number of rotatable bonds is 3. The third kappa shape index (κ3) is 2.56. The summed E-state index contributed by atoms with van der Waals surface area (Å²) in [6, 6.07) is 3.90. The Morgan fingerprint density at radius 2 is 2.15 bits per heavy atom. The molecule has 2 aliphatic heterocycles. The second kappa shape index (κ2) is 6.19. The molecule has 3 aromatic heterocycles. The number of piperidine rings is 1. The van der Waals surface area contributed by atoms with Gasteiger partial charge in [-0.2, -0.15) is 4.98 Å². The molecule has 0 aliphatic carbocycles. The van der Waals surface area contributed by atoms with E-state index in [-0.39, 0.29) is 0 Å². The van der Waals surface area contributed by atoms with Crippen molar-refractivity contribution in [1.82, 2.24) is 29.9 Å². The van der Waals surface area contributed by atoms with Crippen molar-refractivity contribution in [1.29, 1.82) is 0 Å². The summed E-state index contributed by atoms with van der Waals surface area (Å²) in [5, 5.41) is 12.8. The Balaban J connectivity index is 1.46. The molecule has 8 nitrogen and oxygen atoms in total. The van der Waals surface area contributed by atoms with Crippen LogP contribution in [0.15, 0.2) is 22.9 Å². The van der Waals surface area contributed by atoms with Gasteiger partial charge in [-0.3, -0.25) is 0 Å². The zero-order valence-corrected chi connectivity index (χ0v) is 14.8. The van der Waals surface area contributed by atoms with Gasteiger partial charge in [0.2, 0.25) is 0 Å². The lowest BCUT2D eigenvalue weighted by atomic mass is 9.96. The van der Waals surface area contributed by atoms with E-state index >= 15 is 0 Å². The standard InChI is InChI=1S/C18H21N7O/c1-12-20-18(26-23-12)14-6-2-8-19-17(14)24-9-3-5-13(11-24)16-22-21-15-7-4-10-25(15)16/h2,6,8,13H,3-5,7,9-11H2,1H3. The molecule has 0 N–H and O–H groups in total. The minimum absolute atomic E-state index is 0.377. The zero-order chi connectivity index (χ0) is 17.5. The summed E-state index contributed by atoms with van der Waals surface area (Å²) in [5.41, 5.74) is 0.889. The molecule has 0 amide bonds. The molecule has 1 fully saturated rings. The van der Waals surface area contributed by atoms with Crippen LogP contribution in [-0.4, -0.2) is 43.0 Å². The van der Waals surface area contributed by atoms with Crippen molar-refractivity contribution in [2.75, 3.05) is 18.0 Å². The van der Waals surface area contributed by atoms with Gasteiger partial charge in [0.15, 0.2) is 5.82 Å². The Labute approximate surface area is 151 Å². The monoisotopic (exact) mass is 351 g/mol. The molecule has 5 heterocycles. The van der Waals surface area contributed by atoms with E-state index in [1.807, 2.05) is 25.3 Å². The van der Waals surface area contributed by atoms with E-state index in [2.05, 4.69) is 34.8 Å². The number of anilines is 1. The first kappa shape index (κ1) is 15.5. The van der Waals surface area contributed by atoms with Crippen molar-refractivity contribution >= 4 is 5.82 Å². The van der Waals surface area contributed by atoms with Gasteiger partial charge in [0.05, 0.1) is 5.56 Å². The Hall–Kier alpha value is -2.77. The van der Waals surface area contributed by atoms with E-state index in [1.54, 1.807) is 0 Å². The lowest BCUT2D eigenvalue weighted by Gasteiger charge is -2.33. The van der Waals surface area contributed by atoms with E-state index in [0.29, 0.717) is 17.6 Å². The molecule has 5 rings (SSSR count). The quantitative estimate of drug-likeness (QED) is 0.716. The predicted octanol–water partition coefficient (Wildman–Crippen LogP) is 2.36. The lowest BCUT2D eigenvalue weighted by Crippen LogP contribution is -2.36. The molecular weight excluding hydrogens is 330 g/mol. The van der Waals surface area contributed by atoms with Crippen LogP contribution in [0.1, 0.15) is 42.7 Å². The van der Waals surface area contributed by atoms with Gasteiger partial charge < -0.3 is 14.0 Å². The summed E-state index contributed by atoms with van der Waals surface area (Å²) in [5.74, 6) is 4.70. The summed E-state index contributed by atoms with van der Waals surface area (Å²) in [4.78, 5) is 11.3. The fourth-order valence-corrected chi connectivity index (χ4v) is 4.08. The smallest absolute Gasteiger partial charge is 0.261 e. The molecule has 0 spiro atoms. The van der Waals surface area contributed by atoms with Gasteiger partial charge in [0.25, 0.3) is 5.89 Å². The molecular formula is C18H21N7O. The van der Waals surface area contributed by atoms with Crippen LogP contribution in [0.3, 0.4) is 0 Å². The Kier molecular flexibility index (Phi) is 3.69. The summed E-state index contributed by atoms with van der Waals surface area (Å²) in [7, 11) is 0. The van der Waals surface area contributed by atoms with Gasteiger partial charge in [-0.15, -0.1) is 10.2 Å². The Morgan fingerprint density at radius 1 is 1.19 bits per heavy atom. The molecule has 1 atom stereocenters.